The van der Waals surface area contributed by atoms with Gasteiger partial charge in [0.1, 0.15) is 12.4 Å². The molecular weight excluding hydrogens is 513 g/mol. The van der Waals surface area contributed by atoms with Crippen molar-refractivity contribution in [3.05, 3.63) is 86.7 Å². The molecule has 1 fully saturated rings. The third-order valence-corrected chi connectivity index (χ3v) is 6.84. The predicted octanol–water partition coefficient (Wildman–Crippen LogP) is 7.00. The number of anilines is 1. The molecule has 0 spiro atoms. The van der Waals surface area contributed by atoms with Gasteiger partial charge >= 0.3 is 0 Å². The van der Waals surface area contributed by atoms with Crippen LogP contribution < -0.4 is 19.1 Å². The second kappa shape index (κ2) is 10.7. The number of hydrogen-bond acceptors (Lipinski definition) is 6. The zero-order valence-electron chi connectivity index (χ0n) is 18.2. The molecule has 4 rings (SSSR count). The Kier molecular flexibility index (Phi) is 7.68. The summed E-state index contributed by atoms with van der Waals surface area (Å²) in [6.45, 7) is 0.347. The Balaban J connectivity index is 1.58. The largest absolute Gasteiger partial charge is 0.495 e. The Morgan fingerprint density at radius 1 is 0.971 bits per heavy atom. The van der Waals surface area contributed by atoms with E-state index >= 15 is 0 Å². The van der Waals surface area contributed by atoms with Gasteiger partial charge in [-0.15, -0.1) is 0 Å². The summed E-state index contributed by atoms with van der Waals surface area (Å²) in [6, 6.07) is 18.3. The fourth-order valence-electron chi connectivity index (χ4n) is 3.33. The number of halogens is 2. The third-order valence-electron chi connectivity index (χ3n) is 4.96. The summed E-state index contributed by atoms with van der Waals surface area (Å²) in [7, 11) is 3.07. The van der Waals surface area contributed by atoms with E-state index < -0.39 is 0 Å². The molecule has 0 unspecified atom stereocenters. The van der Waals surface area contributed by atoms with Gasteiger partial charge < -0.3 is 14.2 Å². The first kappa shape index (κ1) is 24.4. The van der Waals surface area contributed by atoms with Crippen LogP contribution >= 0.6 is 47.2 Å². The molecule has 3 aromatic rings. The van der Waals surface area contributed by atoms with E-state index in [1.165, 1.54) is 30.9 Å². The maximum absolute atomic E-state index is 13.1. The minimum absolute atomic E-state index is 0.254. The number of hydrogen-bond donors (Lipinski definition) is 0. The number of carbonyl (C=O) groups excluding carboxylic acids is 1. The zero-order chi connectivity index (χ0) is 24.2. The van der Waals surface area contributed by atoms with Gasteiger partial charge in [-0.3, -0.25) is 9.69 Å². The molecular formula is C25H19Cl2NO4S2. The average molecular weight is 532 g/mol. The Morgan fingerprint density at radius 3 is 2.38 bits per heavy atom. The van der Waals surface area contributed by atoms with Crippen molar-refractivity contribution in [3.63, 3.8) is 0 Å². The molecule has 9 heteroatoms. The summed E-state index contributed by atoms with van der Waals surface area (Å²) >= 11 is 19.4. The van der Waals surface area contributed by atoms with Crippen molar-refractivity contribution in [2.45, 2.75) is 6.61 Å². The minimum atomic E-state index is -0.254. The van der Waals surface area contributed by atoms with Crippen LogP contribution in [0.3, 0.4) is 0 Å². The quantitative estimate of drug-likeness (QED) is 0.241. The number of thiocarbonyl (C=S) groups is 1. The van der Waals surface area contributed by atoms with Crippen LogP contribution in [-0.2, 0) is 11.4 Å². The van der Waals surface area contributed by atoms with E-state index in [1.807, 2.05) is 30.3 Å². The number of thioether (sulfide) groups is 1. The van der Waals surface area contributed by atoms with E-state index in [1.54, 1.807) is 36.4 Å². The van der Waals surface area contributed by atoms with E-state index in [9.17, 15) is 4.79 Å². The van der Waals surface area contributed by atoms with Gasteiger partial charge in [-0.1, -0.05) is 77.5 Å². The van der Waals surface area contributed by atoms with Crippen molar-refractivity contribution in [1.82, 2.24) is 0 Å². The van der Waals surface area contributed by atoms with Crippen LogP contribution in [0.15, 0.2) is 65.6 Å². The van der Waals surface area contributed by atoms with Gasteiger partial charge in [-0.05, 0) is 47.5 Å². The monoisotopic (exact) mass is 531 g/mol. The summed E-state index contributed by atoms with van der Waals surface area (Å²) < 4.78 is 17.0. The molecule has 5 nitrogen and oxygen atoms in total. The second-order valence-electron chi connectivity index (χ2n) is 7.14. The van der Waals surface area contributed by atoms with Crippen LogP contribution in [0, 0.1) is 0 Å². The van der Waals surface area contributed by atoms with E-state index in [0.29, 0.717) is 54.4 Å². The highest BCUT2D eigenvalue weighted by atomic mass is 35.5. The maximum Gasteiger partial charge on any atom is 0.270 e. The Hall–Kier alpha value is -2.71. The molecule has 3 aromatic carbocycles. The van der Waals surface area contributed by atoms with Crippen molar-refractivity contribution in [1.29, 1.82) is 0 Å². The Labute approximate surface area is 217 Å². The number of carbonyl (C=O) groups is 1. The van der Waals surface area contributed by atoms with Crippen molar-refractivity contribution < 1.29 is 19.0 Å². The molecule has 0 aromatic heterocycles. The third kappa shape index (κ3) is 5.18. The molecule has 1 aliphatic rings. The van der Waals surface area contributed by atoms with Gasteiger partial charge in [-0.25, -0.2) is 0 Å². The Bertz CT molecular complexity index is 1280. The number of nitrogens with zero attached hydrogens (tertiary/aromatic N) is 1. The van der Waals surface area contributed by atoms with Crippen molar-refractivity contribution in [2.75, 3.05) is 19.1 Å². The van der Waals surface area contributed by atoms with Gasteiger partial charge in [0.15, 0.2) is 15.8 Å². The zero-order valence-corrected chi connectivity index (χ0v) is 21.4. The van der Waals surface area contributed by atoms with Gasteiger partial charge in [0.2, 0.25) is 0 Å². The molecule has 1 heterocycles. The standard InChI is InChI=1S/C25H19Cl2NO4S2/c1-30-20-9-8-17(13-18(20)26)28-24(29)22(34-25(28)33)12-16-10-19(27)23(21(11-16)31-2)32-14-15-6-4-3-5-7-15/h3-13H,14H2,1-2H3/b22-12-. The van der Waals surface area contributed by atoms with E-state index in [2.05, 4.69) is 0 Å². The van der Waals surface area contributed by atoms with Crippen molar-refractivity contribution >= 4 is 69.2 Å². The van der Waals surface area contributed by atoms with Gasteiger partial charge in [0.25, 0.3) is 5.91 Å². The van der Waals surface area contributed by atoms with Crippen LogP contribution in [-0.4, -0.2) is 24.4 Å². The fourth-order valence-corrected chi connectivity index (χ4v) is 5.15. The predicted molar refractivity (Wildman–Crippen MR) is 142 cm³/mol. The number of rotatable bonds is 7. The molecule has 1 aliphatic heterocycles. The van der Waals surface area contributed by atoms with Crippen molar-refractivity contribution in [3.8, 4) is 17.2 Å². The van der Waals surface area contributed by atoms with Crippen molar-refractivity contribution in [2.24, 2.45) is 0 Å². The minimum Gasteiger partial charge on any atom is -0.495 e. The molecule has 1 amide bonds. The van der Waals surface area contributed by atoms with E-state index in [0.717, 1.165) is 5.56 Å². The van der Waals surface area contributed by atoms with Crippen LogP contribution in [0.25, 0.3) is 6.08 Å². The number of amides is 1. The van der Waals surface area contributed by atoms with E-state index in [-0.39, 0.29) is 5.91 Å². The lowest BCUT2D eigenvalue weighted by atomic mass is 10.1. The van der Waals surface area contributed by atoms with Crippen LogP contribution in [0.2, 0.25) is 10.0 Å². The lowest BCUT2D eigenvalue weighted by molar-refractivity contribution is -0.113. The van der Waals surface area contributed by atoms with Gasteiger partial charge in [0, 0.05) is 0 Å². The summed E-state index contributed by atoms with van der Waals surface area (Å²) in [6.07, 6.45) is 1.72. The van der Waals surface area contributed by atoms with Crippen LogP contribution in [0.4, 0.5) is 5.69 Å². The lowest BCUT2D eigenvalue weighted by Gasteiger charge is -2.15. The van der Waals surface area contributed by atoms with E-state index in [4.69, 9.17) is 49.6 Å². The first-order chi connectivity index (χ1) is 16.4. The first-order valence-electron chi connectivity index (χ1n) is 10.1. The normalized spacial score (nSPS) is 14.6. The van der Waals surface area contributed by atoms with Gasteiger partial charge in [0.05, 0.1) is 34.9 Å². The average Bonchev–Trinajstić information content (AvgIpc) is 3.11. The highest BCUT2D eigenvalue weighted by Crippen LogP contribution is 2.41. The molecule has 0 aliphatic carbocycles. The number of benzene rings is 3. The Morgan fingerprint density at radius 2 is 1.71 bits per heavy atom. The molecule has 174 valence electrons. The molecule has 34 heavy (non-hydrogen) atoms. The molecule has 0 bridgehead atoms. The molecule has 0 saturated carbocycles. The molecule has 0 radical (unpaired) electrons. The topological polar surface area (TPSA) is 48.0 Å². The SMILES string of the molecule is COc1ccc(N2C(=O)/C(=C/c3cc(Cl)c(OCc4ccccc4)c(OC)c3)SC2=S)cc1Cl. The van der Waals surface area contributed by atoms with Gasteiger partial charge in [-0.2, -0.15) is 0 Å². The molecule has 0 N–H and O–H groups in total. The summed E-state index contributed by atoms with van der Waals surface area (Å²) in [5, 5.41) is 0.764. The molecule has 1 saturated heterocycles. The second-order valence-corrected chi connectivity index (χ2v) is 9.63. The first-order valence-corrected chi connectivity index (χ1v) is 12.0. The summed E-state index contributed by atoms with van der Waals surface area (Å²) in [4.78, 5) is 15.0. The summed E-state index contributed by atoms with van der Waals surface area (Å²) in [5.41, 5.74) is 2.26. The number of methoxy groups -OCH3 is 2. The van der Waals surface area contributed by atoms with Crippen LogP contribution in [0.5, 0.6) is 17.2 Å². The maximum atomic E-state index is 13.1. The smallest absolute Gasteiger partial charge is 0.270 e. The molecule has 0 atom stereocenters. The highest BCUT2D eigenvalue weighted by Gasteiger charge is 2.33. The van der Waals surface area contributed by atoms with Crippen LogP contribution in [0.1, 0.15) is 11.1 Å². The fraction of sp³-hybridized carbons (Fsp3) is 0.120. The highest BCUT2D eigenvalue weighted by molar-refractivity contribution is 8.27. The summed E-state index contributed by atoms with van der Waals surface area (Å²) in [5.74, 6) is 1.16. The number of ether oxygens (including phenoxy) is 3. The lowest BCUT2D eigenvalue weighted by Crippen LogP contribution is -2.27.